The molecule has 3 N–H and O–H groups in total. The van der Waals surface area contributed by atoms with E-state index in [1.807, 2.05) is 95.3 Å². The third-order valence-corrected chi connectivity index (χ3v) is 5.49. The summed E-state index contributed by atoms with van der Waals surface area (Å²) >= 11 is 6.30. The summed E-state index contributed by atoms with van der Waals surface area (Å²) in [6.45, 7) is 9.76. The van der Waals surface area contributed by atoms with Gasteiger partial charge >= 0.3 is 6.03 Å². The highest BCUT2D eigenvalue weighted by Gasteiger charge is 2.26. The zero-order valence-electron chi connectivity index (χ0n) is 21.4. The molecule has 1 aliphatic rings. The number of urea groups is 1. The second-order valence-corrected chi connectivity index (χ2v) is 9.71. The number of nitrogens with one attached hydrogen (secondary N) is 3. The highest BCUT2D eigenvalue weighted by molar-refractivity contribution is 6.32. The fraction of sp³-hybridized carbons (Fsp3) is 0.276. The SMILES string of the molecule is CC.CC(C)(C)NC(=O)Nc1ccc(C2=NC(Cc3ccccc3)C(=O)Nc3ccc(Cl)cc32)cc1. The Kier molecular flexibility index (Phi) is 8.88. The summed E-state index contributed by atoms with van der Waals surface area (Å²) in [5, 5.41) is 9.27. The molecule has 7 heteroatoms. The molecule has 3 aromatic rings. The highest BCUT2D eigenvalue weighted by atomic mass is 35.5. The Morgan fingerprint density at radius 1 is 1.00 bits per heavy atom. The molecule has 188 valence electrons. The molecule has 0 fully saturated rings. The lowest BCUT2D eigenvalue weighted by Crippen LogP contribution is -2.43. The first-order valence-corrected chi connectivity index (χ1v) is 12.5. The van der Waals surface area contributed by atoms with E-state index < -0.39 is 6.04 Å². The number of halogens is 1. The lowest BCUT2D eigenvalue weighted by molar-refractivity contribution is -0.117. The quantitative estimate of drug-likeness (QED) is 0.370. The first-order valence-electron chi connectivity index (χ1n) is 12.1. The Labute approximate surface area is 218 Å². The maximum atomic E-state index is 13.0. The Morgan fingerprint density at radius 2 is 1.67 bits per heavy atom. The van der Waals surface area contributed by atoms with Crippen LogP contribution in [0.2, 0.25) is 5.02 Å². The van der Waals surface area contributed by atoms with E-state index in [2.05, 4.69) is 16.0 Å². The van der Waals surface area contributed by atoms with Crippen LogP contribution >= 0.6 is 11.6 Å². The number of nitrogens with zero attached hydrogens (tertiary/aromatic N) is 1. The Balaban J connectivity index is 0.00000176. The van der Waals surface area contributed by atoms with Gasteiger partial charge in [-0.1, -0.05) is 67.9 Å². The number of anilines is 2. The minimum absolute atomic E-state index is 0.167. The van der Waals surface area contributed by atoms with Crippen molar-refractivity contribution in [2.45, 2.75) is 52.6 Å². The molecular formula is C29H33ClN4O2. The van der Waals surface area contributed by atoms with E-state index in [-0.39, 0.29) is 17.5 Å². The minimum Gasteiger partial charge on any atom is -0.333 e. The van der Waals surface area contributed by atoms with Gasteiger partial charge in [0.2, 0.25) is 5.91 Å². The van der Waals surface area contributed by atoms with Crippen molar-refractivity contribution in [3.8, 4) is 0 Å². The number of carbonyl (C=O) groups excluding carboxylic acids is 2. The van der Waals surface area contributed by atoms with Crippen LogP contribution < -0.4 is 16.0 Å². The fourth-order valence-corrected chi connectivity index (χ4v) is 3.91. The molecule has 0 saturated carbocycles. The van der Waals surface area contributed by atoms with Gasteiger partial charge in [-0.2, -0.15) is 0 Å². The fourth-order valence-electron chi connectivity index (χ4n) is 3.74. The van der Waals surface area contributed by atoms with Gasteiger partial charge in [0.25, 0.3) is 0 Å². The van der Waals surface area contributed by atoms with Crippen molar-refractivity contribution in [2.24, 2.45) is 4.99 Å². The zero-order chi connectivity index (χ0) is 26.3. The van der Waals surface area contributed by atoms with Gasteiger partial charge in [0, 0.05) is 33.8 Å². The van der Waals surface area contributed by atoms with Crippen LogP contribution in [-0.2, 0) is 11.2 Å². The molecule has 4 rings (SSSR count). The summed E-state index contributed by atoms with van der Waals surface area (Å²) in [7, 11) is 0. The summed E-state index contributed by atoms with van der Waals surface area (Å²) in [6.07, 6.45) is 0.477. The van der Waals surface area contributed by atoms with Crippen molar-refractivity contribution in [2.75, 3.05) is 10.6 Å². The number of aliphatic imine (C=N–C) groups is 1. The van der Waals surface area contributed by atoms with Gasteiger partial charge in [0.1, 0.15) is 6.04 Å². The summed E-state index contributed by atoms with van der Waals surface area (Å²) < 4.78 is 0. The minimum atomic E-state index is -0.598. The molecule has 0 radical (unpaired) electrons. The van der Waals surface area contributed by atoms with Gasteiger partial charge in [0.05, 0.1) is 11.4 Å². The second-order valence-electron chi connectivity index (χ2n) is 9.27. The molecule has 6 nitrogen and oxygen atoms in total. The molecule has 0 aliphatic carbocycles. The van der Waals surface area contributed by atoms with Gasteiger partial charge in [-0.3, -0.25) is 9.79 Å². The predicted molar refractivity (Wildman–Crippen MR) is 149 cm³/mol. The van der Waals surface area contributed by atoms with Crippen molar-refractivity contribution in [3.63, 3.8) is 0 Å². The van der Waals surface area contributed by atoms with Crippen LogP contribution in [0.25, 0.3) is 0 Å². The van der Waals surface area contributed by atoms with E-state index >= 15 is 0 Å². The molecule has 36 heavy (non-hydrogen) atoms. The number of hydrogen-bond acceptors (Lipinski definition) is 3. The van der Waals surface area contributed by atoms with Crippen molar-refractivity contribution in [1.29, 1.82) is 0 Å². The van der Waals surface area contributed by atoms with Crippen LogP contribution in [0.1, 0.15) is 51.3 Å². The van der Waals surface area contributed by atoms with Gasteiger partial charge in [-0.15, -0.1) is 0 Å². The van der Waals surface area contributed by atoms with Crippen LogP contribution in [0, 0.1) is 0 Å². The van der Waals surface area contributed by atoms with E-state index in [1.165, 1.54) is 0 Å². The number of hydrogen-bond donors (Lipinski definition) is 3. The molecule has 3 aromatic carbocycles. The van der Waals surface area contributed by atoms with E-state index in [0.717, 1.165) is 16.7 Å². The molecule has 0 aromatic heterocycles. The molecule has 1 heterocycles. The third kappa shape index (κ3) is 7.18. The van der Waals surface area contributed by atoms with Crippen molar-refractivity contribution < 1.29 is 9.59 Å². The van der Waals surface area contributed by atoms with Crippen molar-refractivity contribution >= 4 is 40.6 Å². The summed E-state index contributed by atoms with van der Waals surface area (Å²) in [5.41, 5.74) is 4.25. The zero-order valence-corrected chi connectivity index (χ0v) is 22.1. The first kappa shape index (κ1) is 27.0. The van der Waals surface area contributed by atoms with E-state index in [9.17, 15) is 9.59 Å². The van der Waals surface area contributed by atoms with Gasteiger partial charge < -0.3 is 16.0 Å². The molecule has 1 unspecified atom stereocenters. The number of amides is 3. The smallest absolute Gasteiger partial charge is 0.319 e. The summed E-state index contributed by atoms with van der Waals surface area (Å²) in [6, 6.07) is 21.7. The van der Waals surface area contributed by atoms with Crippen molar-refractivity contribution in [1.82, 2.24) is 5.32 Å². The predicted octanol–water partition coefficient (Wildman–Crippen LogP) is 6.69. The van der Waals surface area contributed by atoms with Crippen LogP contribution in [0.15, 0.2) is 77.8 Å². The standard InChI is InChI=1S/C27H27ClN4O2.C2H6/c1-27(2,3)32-26(34)29-20-12-9-18(10-13-20)24-21-16-19(28)11-14-22(21)31-25(33)23(30-24)15-17-7-5-4-6-8-17;1-2/h4-14,16,23H,15H2,1-3H3,(H,31,33)(H2,29,32,34);1-2H3. The van der Waals surface area contributed by atoms with E-state index in [0.29, 0.717) is 28.5 Å². The van der Waals surface area contributed by atoms with Crippen LogP contribution in [0.5, 0.6) is 0 Å². The largest absolute Gasteiger partial charge is 0.333 e. The third-order valence-electron chi connectivity index (χ3n) is 5.26. The van der Waals surface area contributed by atoms with E-state index in [1.54, 1.807) is 12.1 Å². The number of rotatable bonds is 4. The van der Waals surface area contributed by atoms with Crippen LogP contribution in [-0.4, -0.2) is 29.2 Å². The molecule has 3 amide bonds. The number of benzodiazepines with no additional fused rings is 1. The molecule has 0 spiro atoms. The number of fused-ring (bicyclic) bond motifs is 1. The van der Waals surface area contributed by atoms with Gasteiger partial charge in [-0.25, -0.2) is 4.79 Å². The average Bonchev–Trinajstić information content (AvgIpc) is 2.97. The van der Waals surface area contributed by atoms with E-state index in [4.69, 9.17) is 16.6 Å². The summed E-state index contributed by atoms with van der Waals surface area (Å²) in [5.74, 6) is -0.167. The lowest BCUT2D eigenvalue weighted by Gasteiger charge is -2.20. The Hall–Kier alpha value is -3.64. The normalized spacial score (nSPS) is 14.8. The Bertz CT molecular complexity index is 1230. The molecule has 0 bridgehead atoms. The second kappa shape index (κ2) is 11.9. The molecule has 0 saturated heterocycles. The molecule has 1 aliphatic heterocycles. The maximum Gasteiger partial charge on any atom is 0.319 e. The summed E-state index contributed by atoms with van der Waals surface area (Å²) in [4.78, 5) is 30.1. The average molecular weight is 505 g/mol. The van der Waals surface area contributed by atoms with Crippen LogP contribution in [0.4, 0.5) is 16.2 Å². The highest BCUT2D eigenvalue weighted by Crippen LogP contribution is 2.28. The number of benzene rings is 3. The Morgan fingerprint density at radius 3 is 2.31 bits per heavy atom. The maximum absolute atomic E-state index is 13.0. The first-order chi connectivity index (χ1) is 17.2. The van der Waals surface area contributed by atoms with Crippen molar-refractivity contribution in [3.05, 3.63) is 94.5 Å². The molecular weight excluding hydrogens is 472 g/mol. The monoisotopic (exact) mass is 504 g/mol. The van der Waals surface area contributed by atoms with Crippen LogP contribution in [0.3, 0.4) is 0 Å². The lowest BCUT2D eigenvalue weighted by atomic mass is 10.00. The van der Waals surface area contributed by atoms with Gasteiger partial charge in [-0.05, 0) is 56.7 Å². The van der Waals surface area contributed by atoms with Gasteiger partial charge in [0.15, 0.2) is 0 Å². The topological polar surface area (TPSA) is 82.6 Å². The number of carbonyl (C=O) groups is 2. The molecule has 1 atom stereocenters.